The minimum Gasteiger partial charge on any atom is -0.478 e. The van der Waals surface area contributed by atoms with Gasteiger partial charge in [0.1, 0.15) is 12.0 Å². The van der Waals surface area contributed by atoms with Gasteiger partial charge in [-0.15, -0.1) is 6.58 Å². The Morgan fingerprint density at radius 1 is 1.73 bits per heavy atom. The van der Waals surface area contributed by atoms with Crippen molar-refractivity contribution in [3.63, 3.8) is 0 Å². The van der Waals surface area contributed by atoms with E-state index >= 15 is 0 Å². The molecule has 0 aliphatic rings. The fourth-order valence-electron chi connectivity index (χ4n) is 1.45. The van der Waals surface area contributed by atoms with Crippen molar-refractivity contribution in [2.45, 2.75) is 26.2 Å². The third kappa shape index (κ3) is 3.62. The maximum Gasteiger partial charge on any atom is 0.338 e. The zero-order valence-electron chi connectivity index (χ0n) is 8.90. The van der Waals surface area contributed by atoms with E-state index in [1.165, 1.54) is 6.26 Å². The fourth-order valence-corrected chi connectivity index (χ4v) is 1.45. The maximum absolute atomic E-state index is 10.6. The lowest BCUT2D eigenvalue weighted by Crippen LogP contribution is -1.98. The molecule has 0 unspecified atom stereocenters. The molecule has 0 saturated carbocycles. The molecule has 0 bridgehead atoms. The molecule has 0 fully saturated rings. The van der Waals surface area contributed by atoms with Crippen LogP contribution >= 0.6 is 0 Å². The number of allylic oxidation sites excluding steroid dienone is 1. The first-order chi connectivity index (χ1) is 7.13. The predicted octanol–water partition coefficient (Wildman–Crippen LogP) is 3.12. The van der Waals surface area contributed by atoms with Crippen molar-refractivity contribution >= 4 is 5.97 Å². The molecule has 0 amide bonds. The van der Waals surface area contributed by atoms with Gasteiger partial charge in [-0.05, 0) is 24.8 Å². The van der Waals surface area contributed by atoms with E-state index in [0.29, 0.717) is 5.92 Å². The highest BCUT2D eigenvalue weighted by Gasteiger charge is 2.10. The summed E-state index contributed by atoms with van der Waals surface area (Å²) in [5.41, 5.74) is 0.223. The van der Waals surface area contributed by atoms with E-state index in [4.69, 9.17) is 9.52 Å². The smallest absolute Gasteiger partial charge is 0.338 e. The van der Waals surface area contributed by atoms with Crippen LogP contribution in [0.2, 0.25) is 0 Å². The standard InChI is InChI=1S/C12H16O3/c1-3-4-5-9(2)6-11-7-10(8-15-11)12(13)14/h3,7-9H,1,4-6H2,2H3,(H,13,14)/t9-/m0/s1. The van der Waals surface area contributed by atoms with Crippen LogP contribution < -0.4 is 0 Å². The number of carboxylic acids is 1. The first-order valence-corrected chi connectivity index (χ1v) is 5.05. The van der Waals surface area contributed by atoms with Crippen LogP contribution in [-0.2, 0) is 6.42 Å². The Morgan fingerprint density at radius 3 is 3.00 bits per heavy atom. The van der Waals surface area contributed by atoms with Crippen molar-refractivity contribution < 1.29 is 14.3 Å². The van der Waals surface area contributed by atoms with Gasteiger partial charge in [-0.1, -0.05) is 13.0 Å². The minimum atomic E-state index is -0.941. The maximum atomic E-state index is 10.6. The molecule has 1 aromatic rings. The van der Waals surface area contributed by atoms with Crippen LogP contribution in [0.3, 0.4) is 0 Å². The van der Waals surface area contributed by atoms with Crippen molar-refractivity contribution in [3.8, 4) is 0 Å². The first kappa shape index (κ1) is 11.6. The second-order valence-corrected chi connectivity index (χ2v) is 3.78. The van der Waals surface area contributed by atoms with Crippen LogP contribution in [0, 0.1) is 5.92 Å². The molecule has 0 radical (unpaired) electrons. The molecule has 0 aliphatic heterocycles. The molecule has 1 N–H and O–H groups in total. The van der Waals surface area contributed by atoms with Gasteiger partial charge < -0.3 is 9.52 Å². The second kappa shape index (κ2) is 5.39. The van der Waals surface area contributed by atoms with Gasteiger partial charge in [-0.3, -0.25) is 0 Å². The van der Waals surface area contributed by atoms with Crippen molar-refractivity contribution in [1.29, 1.82) is 0 Å². The number of aromatic carboxylic acids is 1. The topological polar surface area (TPSA) is 50.4 Å². The highest BCUT2D eigenvalue weighted by Crippen LogP contribution is 2.16. The van der Waals surface area contributed by atoms with Crippen molar-refractivity contribution in [1.82, 2.24) is 0 Å². The summed E-state index contributed by atoms with van der Waals surface area (Å²) in [5, 5.41) is 8.70. The van der Waals surface area contributed by atoms with Crippen molar-refractivity contribution in [3.05, 3.63) is 36.3 Å². The molecule has 0 spiro atoms. The lowest BCUT2D eigenvalue weighted by atomic mass is 10.0. The lowest BCUT2D eigenvalue weighted by molar-refractivity contribution is 0.0696. The Bertz CT molecular complexity index is 338. The normalized spacial score (nSPS) is 12.3. The molecule has 1 rings (SSSR count). The Balaban J connectivity index is 2.49. The van der Waals surface area contributed by atoms with Crippen LogP contribution in [0.15, 0.2) is 29.4 Å². The van der Waals surface area contributed by atoms with E-state index < -0.39 is 5.97 Å². The van der Waals surface area contributed by atoms with Crippen LogP contribution in [-0.4, -0.2) is 11.1 Å². The van der Waals surface area contributed by atoms with Gasteiger partial charge in [0.25, 0.3) is 0 Å². The summed E-state index contributed by atoms with van der Waals surface area (Å²) < 4.78 is 5.17. The molecule has 3 nitrogen and oxygen atoms in total. The Labute approximate surface area is 89.4 Å². The number of carboxylic acid groups (broad SMARTS) is 1. The summed E-state index contributed by atoms with van der Waals surface area (Å²) in [6, 6.07) is 1.59. The summed E-state index contributed by atoms with van der Waals surface area (Å²) in [6.45, 7) is 5.78. The lowest BCUT2D eigenvalue weighted by Gasteiger charge is -2.06. The molecule has 1 aromatic heterocycles. The summed E-state index contributed by atoms with van der Waals surface area (Å²) in [5.74, 6) is 0.281. The average Bonchev–Trinajstić information content (AvgIpc) is 2.63. The van der Waals surface area contributed by atoms with Gasteiger partial charge in [0.2, 0.25) is 0 Å². The highest BCUT2D eigenvalue weighted by atomic mass is 16.4. The zero-order chi connectivity index (χ0) is 11.3. The molecule has 1 atom stereocenters. The summed E-state index contributed by atoms with van der Waals surface area (Å²) in [4.78, 5) is 10.6. The third-order valence-electron chi connectivity index (χ3n) is 2.31. The Kier molecular flexibility index (Phi) is 4.16. The molecular formula is C12H16O3. The molecule has 0 aliphatic carbocycles. The van der Waals surface area contributed by atoms with Gasteiger partial charge in [0, 0.05) is 6.42 Å². The van der Waals surface area contributed by atoms with Gasteiger partial charge in [0.15, 0.2) is 0 Å². The SMILES string of the molecule is C=CCC[C@H](C)Cc1cc(C(=O)O)co1. The van der Waals surface area contributed by atoms with Crippen LogP contribution in [0.1, 0.15) is 35.9 Å². The number of hydrogen-bond acceptors (Lipinski definition) is 2. The minimum absolute atomic E-state index is 0.223. The van der Waals surface area contributed by atoms with Gasteiger partial charge >= 0.3 is 5.97 Å². The number of hydrogen-bond donors (Lipinski definition) is 1. The summed E-state index contributed by atoms with van der Waals surface area (Å²) in [7, 11) is 0. The largest absolute Gasteiger partial charge is 0.478 e. The average molecular weight is 208 g/mol. The van der Waals surface area contributed by atoms with Gasteiger partial charge in [0.05, 0.1) is 5.56 Å². The van der Waals surface area contributed by atoms with Crippen LogP contribution in [0.4, 0.5) is 0 Å². The zero-order valence-corrected chi connectivity index (χ0v) is 8.90. The van der Waals surface area contributed by atoms with Crippen LogP contribution in [0.5, 0.6) is 0 Å². The van der Waals surface area contributed by atoms with E-state index in [0.717, 1.165) is 25.0 Å². The van der Waals surface area contributed by atoms with E-state index in [1.54, 1.807) is 6.07 Å². The van der Waals surface area contributed by atoms with E-state index in [9.17, 15) is 4.79 Å². The van der Waals surface area contributed by atoms with Crippen LogP contribution in [0.25, 0.3) is 0 Å². The molecular weight excluding hydrogens is 192 g/mol. The third-order valence-corrected chi connectivity index (χ3v) is 2.31. The predicted molar refractivity (Wildman–Crippen MR) is 58.0 cm³/mol. The Morgan fingerprint density at radius 2 is 2.47 bits per heavy atom. The monoisotopic (exact) mass is 208 g/mol. The molecule has 15 heavy (non-hydrogen) atoms. The van der Waals surface area contributed by atoms with E-state index in [2.05, 4.69) is 13.5 Å². The molecule has 1 heterocycles. The summed E-state index contributed by atoms with van der Waals surface area (Å²) >= 11 is 0. The molecule has 0 aromatic carbocycles. The number of carbonyl (C=O) groups is 1. The fraction of sp³-hybridized carbons (Fsp3) is 0.417. The van der Waals surface area contributed by atoms with Gasteiger partial charge in [-0.2, -0.15) is 0 Å². The van der Waals surface area contributed by atoms with E-state index in [1.807, 2.05) is 6.08 Å². The molecule has 3 heteroatoms. The number of furan rings is 1. The molecule has 82 valence electrons. The number of rotatable bonds is 6. The Hall–Kier alpha value is -1.51. The first-order valence-electron chi connectivity index (χ1n) is 5.05. The molecule has 0 saturated heterocycles. The quantitative estimate of drug-likeness (QED) is 0.731. The van der Waals surface area contributed by atoms with Crippen molar-refractivity contribution in [2.75, 3.05) is 0 Å². The summed E-state index contributed by atoms with van der Waals surface area (Å²) in [6.07, 6.45) is 5.99. The highest BCUT2D eigenvalue weighted by molar-refractivity contribution is 5.87. The van der Waals surface area contributed by atoms with Crippen molar-refractivity contribution in [2.24, 2.45) is 5.92 Å². The van der Waals surface area contributed by atoms with E-state index in [-0.39, 0.29) is 5.56 Å². The second-order valence-electron chi connectivity index (χ2n) is 3.78. The van der Waals surface area contributed by atoms with Gasteiger partial charge in [-0.25, -0.2) is 4.79 Å².